The molecule has 0 spiro atoms. The number of carbonyl (C=O) groups excluding carboxylic acids is 1. The second-order valence-corrected chi connectivity index (χ2v) is 10.5. The van der Waals surface area contributed by atoms with E-state index in [1.165, 1.54) is 11.1 Å². The van der Waals surface area contributed by atoms with Gasteiger partial charge in [0.25, 0.3) is 0 Å². The first-order valence-corrected chi connectivity index (χ1v) is 11.9. The van der Waals surface area contributed by atoms with Crippen LogP contribution < -0.4 is 5.32 Å². The Morgan fingerprint density at radius 2 is 1.90 bits per heavy atom. The number of alkyl carbamates (subject to hydrolysis) is 1. The van der Waals surface area contributed by atoms with E-state index in [0.29, 0.717) is 5.92 Å². The molecular weight excluding hydrogens is 408 g/mol. The van der Waals surface area contributed by atoms with Gasteiger partial charge in [0.2, 0.25) is 0 Å². The molecule has 0 saturated carbocycles. The molecule has 3 heterocycles. The first-order chi connectivity index (χ1) is 14.9. The lowest BCUT2D eigenvalue weighted by Crippen LogP contribution is -2.53. The Labute approximate surface area is 189 Å². The van der Waals surface area contributed by atoms with Gasteiger partial charge in [0.15, 0.2) is 0 Å². The molecule has 1 aliphatic carbocycles. The fourth-order valence-electron chi connectivity index (χ4n) is 5.57. The highest BCUT2D eigenvalue weighted by Crippen LogP contribution is 2.45. The van der Waals surface area contributed by atoms with Crippen molar-refractivity contribution in [1.82, 2.24) is 10.2 Å². The highest BCUT2D eigenvalue weighted by molar-refractivity contribution is 6.30. The predicted octanol–water partition coefficient (Wildman–Crippen LogP) is 5.84. The lowest BCUT2D eigenvalue weighted by atomic mass is 9.70. The summed E-state index contributed by atoms with van der Waals surface area (Å²) in [5.41, 5.74) is 4.66. The van der Waals surface area contributed by atoms with E-state index in [1.54, 1.807) is 0 Å². The molecule has 3 saturated heterocycles. The van der Waals surface area contributed by atoms with Crippen LogP contribution in [0.2, 0.25) is 5.02 Å². The Kier molecular flexibility index (Phi) is 5.47. The SMILES string of the molecule is CC1(C)CCc2ccc(-c3cccc(Cl)c3)cc2C1NC(=O)O[C@H]1CN2CCC1CC2. The van der Waals surface area contributed by atoms with E-state index in [2.05, 4.69) is 48.3 Å². The fourth-order valence-corrected chi connectivity index (χ4v) is 5.76. The van der Waals surface area contributed by atoms with Crippen LogP contribution in [0.3, 0.4) is 0 Å². The summed E-state index contributed by atoms with van der Waals surface area (Å²) in [6.07, 6.45) is 4.06. The van der Waals surface area contributed by atoms with Gasteiger partial charge in [-0.1, -0.05) is 49.7 Å². The first-order valence-electron chi connectivity index (χ1n) is 11.5. The molecule has 2 bridgehead atoms. The lowest BCUT2D eigenvalue weighted by molar-refractivity contribution is -0.0353. The van der Waals surface area contributed by atoms with Gasteiger partial charge in [-0.2, -0.15) is 0 Å². The van der Waals surface area contributed by atoms with Gasteiger partial charge in [0.05, 0.1) is 6.04 Å². The largest absolute Gasteiger partial charge is 0.445 e. The zero-order chi connectivity index (χ0) is 21.6. The van der Waals surface area contributed by atoms with Crippen molar-refractivity contribution in [1.29, 1.82) is 0 Å². The van der Waals surface area contributed by atoms with Crippen molar-refractivity contribution in [3.05, 3.63) is 58.6 Å². The monoisotopic (exact) mass is 438 g/mol. The Balaban J connectivity index is 1.39. The smallest absolute Gasteiger partial charge is 0.407 e. The first kappa shape index (κ1) is 20.8. The standard InChI is InChI=1S/C26H31ClN2O2/c1-26(2)11-8-17-6-7-20(19-4-3-5-21(27)14-19)15-22(17)24(26)28-25(30)31-23-16-29-12-9-18(23)10-13-29/h3-7,14-15,18,23-24H,8-13,16H2,1-2H3,(H,28,30)/t23-,24?/m0/s1. The Hall–Kier alpha value is -2.04. The molecule has 31 heavy (non-hydrogen) atoms. The number of hydrogen-bond donors (Lipinski definition) is 1. The van der Waals surface area contributed by atoms with Crippen molar-refractivity contribution in [3.8, 4) is 11.1 Å². The number of amides is 1. The number of hydrogen-bond acceptors (Lipinski definition) is 3. The Morgan fingerprint density at radius 3 is 2.61 bits per heavy atom. The summed E-state index contributed by atoms with van der Waals surface area (Å²) in [7, 11) is 0. The van der Waals surface area contributed by atoms with E-state index in [9.17, 15) is 4.79 Å². The number of fused-ring (bicyclic) bond motifs is 4. The van der Waals surface area contributed by atoms with Gasteiger partial charge in [-0.05, 0) is 90.6 Å². The maximum Gasteiger partial charge on any atom is 0.407 e. The maximum atomic E-state index is 13.0. The number of halogens is 1. The molecule has 1 N–H and O–H groups in total. The number of carbonyl (C=O) groups is 1. The molecule has 164 valence electrons. The average molecular weight is 439 g/mol. The van der Waals surface area contributed by atoms with E-state index >= 15 is 0 Å². The third-order valence-electron chi connectivity index (χ3n) is 7.55. The molecular formula is C26H31ClN2O2. The number of aryl methyl sites for hydroxylation is 1. The van der Waals surface area contributed by atoms with Gasteiger partial charge in [0.1, 0.15) is 6.10 Å². The molecule has 2 atom stereocenters. The van der Waals surface area contributed by atoms with Crippen molar-refractivity contribution < 1.29 is 9.53 Å². The van der Waals surface area contributed by atoms with Crippen LogP contribution >= 0.6 is 11.6 Å². The minimum atomic E-state index is -0.280. The topological polar surface area (TPSA) is 41.6 Å². The number of ether oxygens (including phenoxy) is 1. The van der Waals surface area contributed by atoms with Crippen molar-refractivity contribution in [2.45, 2.75) is 51.7 Å². The third kappa shape index (κ3) is 4.20. The normalized spacial score (nSPS) is 28.6. The lowest BCUT2D eigenvalue weighted by Gasteiger charge is -2.44. The number of nitrogens with one attached hydrogen (secondary N) is 1. The summed E-state index contributed by atoms with van der Waals surface area (Å²) in [6.45, 7) is 7.63. The van der Waals surface area contributed by atoms with Crippen LogP contribution in [-0.2, 0) is 11.2 Å². The molecule has 1 amide bonds. The van der Waals surface area contributed by atoms with Crippen LogP contribution in [0.15, 0.2) is 42.5 Å². The van der Waals surface area contributed by atoms with E-state index < -0.39 is 0 Å². The number of rotatable bonds is 3. The van der Waals surface area contributed by atoms with Gasteiger partial charge in [-0.15, -0.1) is 0 Å². The Bertz CT molecular complexity index is 981. The van der Waals surface area contributed by atoms with Gasteiger partial charge >= 0.3 is 6.09 Å². The van der Waals surface area contributed by atoms with Gasteiger partial charge in [-0.3, -0.25) is 4.90 Å². The van der Waals surface area contributed by atoms with Crippen LogP contribution in [0, 0.1) is 11.3 Å². The van der Waals surface area contributed by atoms with Crippen molar-refractivity contribution in [2.24, 2.45) is 11.3 Å². The van der Waals surface area contributed by atoms with Crippen LogP contribution in [0.25, 0.3) is 11.1 Å². The number of nitrogens with zero attached hydrogens (tertiary/aromatic N) is 1. The predicted molar refractivity (Wildman–Crippen MR) is 124 cm³/mol. The second kappa shape index (κ2) is 8.14. The second-order valence-electron chi connectivity index (χ2n) is 10.1. The molecule has 0 aromatic heterocycles. The molecule has 4 aliphatic rings. The van der Waals surface area contributed by atoms with Gasteiger partial charge in [-0.25, -0.2) is 4.79 Å². The zero-order valence-electron chi connectivity index (χ0n) is 18.4. The summed E-state index contributed by atoms with van der Waals surface area (Å²) < 4.78 is 5.96. The minimum absolute atomic E-state index is 0.0199. The molecule has 3 fully saturated rings. The molecule has 4 nitrogen and oxygen atoms in total. The third-order valence-corrected chi connectivity index (χ3v) is 7.79. The highest BCUT2D eigenvalue weighted by atomic mass is 35.5. The molecule has 0 radical (unpaired) electrons. The van der Waals surface area contributed by atoms with E-state index in [4.69, 9.17) is 16.3 Å². The summed E-state index contributed by atoms with van der Waals surface area (Å²) in [5.74, 6) is 0.511. The van der Waals surface area contributed by atoms with Crippen LogP contribution in [-0.4, -0.2) is 36.7 Å². The van der Waals surface area contributed by atoms with E-state index in [0.717, 1.165) is 61.5 Å². The van der Waals surface area contributed by atoms with Crippen molar-refractivity contribution in [2.75, 3.05) is 19.6 Å². The highest BCUT2D eigenvalue weighted by Gasteiger charge is 2.40. The summed E-state index contributed by atoms with van der Waals surface area (Å²) in [5, 5.41) is 3.98. The van der Waals surface area contributed by atoms with E-state index in [-0.39, 0.29) is 23.7 Å². The molecule has 2 aromatic carbocycles. The fraction of sp³-hybridized carbons (Fsp3) is 0.500. The summed E-state index contributed by atoms with van der Waals surface area (Å²) in [4.78, 5) is 15.4. The summed E-state index contributed by atoms with van der Waals surface area (Å²) >= 11 is 6.22. The number of piperidine rings is 3. The van der Waals surface area contributed by atoms with Crippen LogP contribution in [0.4, 0.5) is 4.79 Å². The van der Waals surface area contributed by atoms with Crippen molar-refractivity contribution >= 4 is 17.7 Å². The Morgan fingerprint density at radius 1 is 1.13 bits per heavy atom. The maximum absolute atomic E-state index is 13.0. The molecule has 1 unspecified atom stereocenters. The number of benzene rings is 2. The van der Waals surface area contributed by atoms with Crippen LogP contribution in [0.1, 0.15) is 50.3 Å². The molecule has 5 heteroatoms. The molecule has 3 aliphatic heterocycles. The quantitative estimate of drug-likeness (QED) is 0.654. The molecule has 6 rings (SSSR count). The summed E-state index contributed by atoms with van der Waals surface area (Å²) in [6, 6.07) is 14.4. The minimum Gasteiger partial charge on any atom is -0.445 e. The van der Waals surface area contributed by atoms with Gasteiger partial charge < -0.3 is 10.1 Å². The zero-order valence-corrected chi connectivity index (χ0v) is 19.1. The van der Waals surface area contributed by atoms with E-state index in [1.807, 2.05) is 18.2 Å². The molecule has 2 aromatic rings. The van der Waals surface area contributed by atoms with Crippen molar-refractivity contribution in [3.63, 3.8) is 0 Å². The average Bonchev–Trinajstić information content (AvgIpc) is 2.76. The van der Waals surface area contributed by atoms with Gasteiger partial charge in [0, 0.05) is 11.6 Å². The van der Waals surface area contributed by atoms with Crippen LogP contribution in [0.5, 0.6) is 0 Å².